The van der Waals surface area contributed by atoms with Gasteiger partial charge in [0.1, 0.15) is 29.0 Å². The summed E-state index contributed by atoms with van der Waals surface area (Å²) in [6.07, 6.45) is 1.25. The van der Waals surface area contributed by atoms with Gasteiger partial charge in [-0.25, -0.2) is 28.5 Å². The first-order chi connectivity index (χ1) is 12.0. The fourth-order valence-electron chi connectivity index (χ4n) is 2.04. The Kier molecular flexibility index (Phi) is 4.33. The van der Waals surface area contributed by atoms with E-state index in [1.165, 1.54) is 19.6 Å². The summed E-state index contributed by atoms with van der Waals surface area (Å²) in [5.74, 6) is -4.04. The number of benzene rings is 1. The third-order valence-electron chi connectivity index (χ3n) is 3.28. The fraction of sp³-hybridized carbons (Fsp3) is 0.133. The van der Waals surface area contributed by atoms with Gasteiger partial charge in [-0.15, -0.1) is 0 Å². The Morgan fingerprint density at radius 1 is 1.20 bits per heavy atom. The van der Waals surface area contributed by atoms with Crippen LogP contribution >= 0.6 is 0 Å². The normalized spacial score (nSPS) is 12.0. The maximum atomic E-state index is 13.6. The minimum absolute atomic E-state index is 0.132. The molecule has 0 saturated heterocycles. The van der Waals surface area contributed by atoms with Crippen LogP contribution in [0.2, 0.25) is 0 Å². The molecule has 0 spiro atoms. The highest BCUT2D eigenvalue weighted by atomic mass is 19.1. The van der Waals surface area contributed by atoms with Crippen LogP contribution < -0.4 is 5.32 Å². The zero-order valence-electron chi connectivity index (χ0n) is 12.8. The van der Waals surface area contributed by atoms with Crippen LogP contribution in [0, 0.1) is 11.6 Å². The molecule has 2 heterocycles. The number of aromatic nitrogens is 4. The van der Waals surface area contributed by atoms with Crippen LogP contribution in [-0.2, 0) is 9.53 Å². The number of H-pyrrole nitrogens is 1. The predicted molar refractivity (Wildman–Crippen MR) is 81.5 cm³/mol. The number of carbonyl (C=O) groups is 2. The van der Waals surface area contributed by atoms with Gasteiger partial charge in [-0.1, -0.05) is 6.07 Å². The van der Waals surface area contributed by atoms with Crippen molar-refractivity contribution in [1.82, 2.24) is 19.9 Å². The summed E-state index contributed by atoms with van der Waals surface area (Å²) in [5.41, 5.74) is -0.141. The molecule has 0 radical (unpaired) electrons. The lowest BCUT2D eigenvalue weighted by molar-refractivity contribution is -0.123. The first-order valence-corrected chi connectivity index (χ1v) is 7.07. The lowest BCUT2D eigenvalue weighted by Crippen LogP contribution is -2.31. The van der Waals surface area contributed by atoms with E-state index < -0.39 is 35.2 Å². The van der Waals surface area contributed by atoms with Crippen molar-refractivity contribution in [3.63, 3.8) is 0 Å². The molecule has 0 bridgehead atoms. The summed E-state index contributed by atoms with van der Waals surface area (Å²) in [4.78, 5) is 38.5. The summed E-state index contributed by atoms with van der Waals surface area (Å²) < 4.78 is 32.0. The predicted octanol–water partition coefficient (Wildman–Crippen LogP) is 1.82. The molecule has 0 saturated carbocycles. The second kappa shape index (κ2) is 6.59. The van der Waals surface area contributed by atoms with Gasteiger partial charge in [0.25, 0.3) is 5.91 Å². The lowest BCUT2D eigenvalue weighted by Gasteiger charge is -2.13. The van der Waals surface area contributed by atoms with Gasteiger partial charge < -0.3 is 15.0 Å². The minimum Gasteiger partial charge on any atom is -0.449 e. The van der Waals surface area contributed by atoms with Crippen molar-refractivity contribution in [3.8, 4) is 0 Å². The first-order valence-electron chi connectivity index (χ1n) is 7.07. The molecule has 1 amide bonds. The van der Waals surface area contributed by atoms with Gasteiger partial charge in [-0.3, -0.25) is 4.79 Å². The van der Waals surface area contributed by atoms with Crippen molar-refractivity contribution in [2.24, 2.45) is 0 Å². The number of hydrogen-bond acceptors (Lipinski definition) is 6. The Bertz CT molecular complexity index is 939. The molecule has 3 rings (SSSR count). The SMILES string of the molecule is C[C@H](OC(=O)c1c(F)cccc1F)C(=O)Nc1ncnc2nc[nH]c12. The maximum Gasteiger partial charge on any atom is 0.344 e. The smallest absolute Gasteiger partial charge is 0.344 e. The number of nitrogens with one attached hydrogen (secondary N) is 2. The quantitative estimate of drug-likeness (QED) is 0.697. The van der Waals surface area contributed by atoms with Crippen molar-refractivity contribution in [2.45, 2.75) is 13.0 Å². The molecule has 8 nitrogen and oxygen atoms in total. The molecule has 1 aromatic carbocycles. The number of imidazole rings is 1. The Balaban J connectivity index is 1.73. The van der Waals surface area contributed by atoms with E-state index in [0.717, 1.165) is 18.2 Å². The van der Waals surface area contributed by atoms with Crippen molar-refractivity contribution in [2.75, 3.05) is 5.32 Å². The topological polar surface area (TPSA) is 110 Å². The Morgan fingerprint density at radius 3 is 2.64 bits per heavy atom. The van der Waals surface area contributed by atoms with Crippen molar-refractivity contribution < 1.29 is 23.1 Å². The number of fused-ring (bicyclic) bond motifs is 1. The average Bonchev–Trinajstić information content (AvgIpc) is 3.04. The summed E-state index contributed by atoms with van der Waals surface area (Å²) in [7, 11) is 0. The molecule has 2 aromatic heterocycles. The second-order valence-electron chi connectivity index (χ2n) is 4.96. The molecule has 0 unspecified atom stereocenters. The highest BCUT2D eigenvalue weighted by Gasteiger charge is 2.24. The molecule has 3 aromatic rings. The van der Waals surface area contributed by atoms with Crippen LogP contribution in [0.5, 0.6) is 0 Å². The van der Waals surface area contributed by atoms with Crippen LogP contribution in [-0.4, -0.2) is 37.9 Å². The number of amides is 1. The third-order valence-corrected chi connectivity index (χ3v) is 3.28. The monoisotopic (exact) mass is 347 g/mol. The Hall–Kier alpha value is -3.43. The molecule has 25 heavy (non-hydrogen) atoms. The van der Waals surface area contributed by atoms with Gasteiger partial charge in [-0.2, -0.15) is 0 Å². The van der Waals surface area contributed by atoms with E-state index in [4.69, 9.17) is 4.74 Å². The van der Waals surface area contributed by atoms with Crippen LogP contribution in [0.4, 0.5) is 14.6 Å². The van der Waals surface area contributed by atoms with E-state index in [0.29, 0.717) is 11.2 Å². The number of esters is 1. The molecule has 10 heteroatoms. The summed E-state index contributed by atoms with van der Waals surface area (Å²) >= 11 is 0. The molecular weight excluding hydrogens is 336 g/mol. The molecule has 0 fully saturated rings. The van der Waals surface area contributed by atoms with Crippen LogP contribution in [0.15, 0.2) is 30.9 Å². The Morgan fingerprint density at radius 2 is 1.92 bits per heavy atom. The van der Waals surface area contributed by atoms with Gasteiger partial charge in [0, 0.05) is 0 Å². The number of anilines is 1. The fourth-order valence-corrected chi connectivity index (χ4v) is 2.04. The summed E-state index contributed by atoms with van der Waals surface area (Å²) in [6, 6.07) is 2.95. The molecule has 0 aliphatic rings. The average molecular weight is 347 g/mol. The number of carbonyl (C=O) groups excluding carboxylic acids is 2. The van der Waals surface area contributed by atoms with Gasteiger partial charge in [0.05, 0.1) is 6.33 Å². The largest absolute Gasteiger partial charge is 0.449 e. The van der Waals surface area contributed by atoms with E-state index in [2.05, 4.69) is 25.3 Å². The molecule has 1 atom stereocenters. The van der Waals surface area contributed by atoms with Gasteiger partial charge in [0.2, 0.25) is 0 Å². The molecule has 0 aliphatic carbocycles. The zero-order chi connectivity index (χ0) is 18.0. The standard InChI is InChI=1S/C15H11F2N5O3/c1-7(25-15(24)10-8(16)3-2-4-9(10)17)14(23)22-13-11-12(19-5-18-11)20-6-21-13/h2-7H,1H3,(H2,18,19,20,21,22,23)/t7-/m0/s1. The van der Waals surface area contributed by atoms with E-state index in [-0.39, 0.29) is 5.82 Å². The van der Waals surface area contributed by atoms with Gasteiger partial charge in [0.15, 0.2) is 17.6 Å². The number of halogens is 2. The van der Waals surface area contributed by atoms with E-state index in [1.54, 1.807) is 0 Å². The number of ether oxygens (including phenoxy) is 1. The van der Waals surface area contributed by atoms with E-state index in [1.807, 2.05) is 0 Å². The second-order valence-corrected chi connectivity index (χ2v) is 4.96. The summed E-state index contributed by atoms with van der Waals surface area (Å²) in [5, 5.41) is 2.43. The van der Waals surface area contributed by atoms with Gasteiger partial charge >= 0.3 is 5.97 Å². The number of rotatable bonds is 4. The van der Waals surface area contributed by atoms with E-state index >= 15 is 0 Å². The van der Waals surface area contributed by atoms with Crippen molar-refractivity contribution >= 4 is 28.9 Å². The lowest BCUT2D eigenvalue weighted by atomic mass is 10.2. The number of nitrogens with zero attached hydrogens (tertiary/aromatic N) is 3. The molecule has 128 valence electrons. The number of hydrogen-bond donors (Lipinski definition) is 2. The highest BCUT2D eigenvalue weighted by molar-refractivity contribution is 6.00. The first kappa shape index (κ1) is 16.4. The Labute approximate surface area is 139 Å². The van der Waals surface area contributed by atoms with Gasteiger partial charge in [-0.05, 0) is 19.1 Å². The van der Waals surface area contributed by atoms with Crippen LogP contribution in [0.3, 0.4) is 0 Å². The molecule has 2 N–H and O–H groups in total. The van der Waals surface area contributed by atoms with Crippen molar-refractivity contribution in [3.05, 3.63) is 48.1 Å². The maximum absolute atomic E-state index is 13.6. The van der Waals surface area contributed by atoms with Crippen molar-refractivity contribution in [1.29, 1.82) is 0 Å². The number of aromatic amines is 1. The van der Waals surface area contributed by atoms with E-state index in [9.17, 15) is 18.4 Å². The van der Waals surface area contributed by atoms with Crippen LogP contribution in [0.1, 0.15) is 17.3 Å². The highest BCUT2D eigenvalue weighted by Crippen LogP contribution is 2.17. The molecule has 0 aliphatic heterocycles. The molecular formula is C15H11F2N5O3. The van der Waals surface area contributed by atoms with Crippen LogP contribution in [0.25, 0.3) is 11.2 Å². The third kappa shape index (κ3) is 3.27. The minimum atomic E-state index is -1.32. The zero-order valence-corrected chi connectivity index (χ0v) is 12.8. The summed E-state index contributed by atoms with van der Waals surface area (Å²) in [6.45, 7) is 1.26.